The number of fused-ring (bicyclic) bond motifs is 1. The van der Waals surface area contributed by atoms with Crippen LogP contribution in [0.25, 0.3) is 10.1 Å². The molecule has 27 heavy (non-hydrogen) atoms. The number of amides is 1. The number of benzene rings is 2. The second-order valence-electron chi connectivity index (χ2n) is 5.46. The number of carbonyl (C=O) groups is 2. The molecule has 0 saturated heterocycles. The van der Waals surface area contributed by atoms with Crippen molar-refractivity contribution in [2.75, 3.05) is 11.9 Å². The molecule has 2 aromatic carbocycles. The molecule has 1 heterocycles. The number of halogens is 1. The minimum Gasteiger partial charge on any atom is -0.451 e. The van der Waals surface area contributed by atoms with Crippen molar-refractivity contribution < 1.29 is 27.1 Å². The third kappa shape index (κ3) is 4.48. The van der Waals surface area contributed by atoms with Gasteiger partial charge in [-0.15, -0.1) is 11.3 Å². The molecule has 0 aliphatic carbocycles. The van der Waals surface area contributed by atoms with Crippen molar-refractivity contribution >= 4 is 49.0 Å². The van der Waals surface area contributed by atoms with Gasteiger partial charge in [-0.3, -0.25) is 4.79 Å². The van der Waals surface area contributed by atoms with E-state index >= 15 is 0 Å². The van der Waals surface area contributed by atoms with Crippen LogP contribution in [0.2, 0.25) is 0 Å². The van der Waals surface area contributed by atoms with E-state index in [9.17, 15) is 22.4 Å². The van der Waals surface area contributed by atoms with Gasteiger partial charge in [-0.1, -0.05) is 12.1 Å². The molecule has 3 N–H and O–H groups in total. The number of hydrogen-bond donors (Lipinski definition) is 2. The highest BCUT2D eigenvalue weighted by atomic mass is 32.2. The zero-order chi connectivity index (χ0) is 19.6. The quantitative estimate of drug-likeness (QED) is 0.629. The van der Waals surface area contributed by atoms with Crippen molar-refractivity contribution in [2.45, 2.75) is 4.90 Å². The van der Waals surface area contributed by atoms with Crippen LogP contribution in [0.15, 0.2) is 53.4 Å². The first-order valence-corrected chi connectivity index (χ1v) is 9.88. The molecule has 0 aliphatic heterocycles. The summed E-state index contributed by atoms with van der Waals surface area (Å²) in [6.45, 7) is -0.588. The van der Waals surface area contributed by atoms with Gasteiger partial charge in [-0.05, 0) is 36.4 Å². The number of primary sulfonamides is 1. The highest BCUT2D eigenvalue weighted by molar-refractivity contribution is 7.89. The van der Waals surface area contributed by atoms with Crippen LogP contribution < -0.4 is 10.5 Å². The van der Waals surface area contributed by atoms with E-state index < -0.39 is 34.3 Å². The number of nitrogens with one attached hydrogen (secondary N) is 1. The molecular weight excluding hydrogens is 395 g/mol. The van der Waals surface area contributed by atoms with Crippen LogP contribution in [0.5, 0.6) is 0 Å². The highest BCUT2D eigenvalue weighted by Crippen LogP contribution is 2.28. The number of esters is 1. The van der Waals surface area contributed by atoms with Crippen LogP contribution in [0.4, 0.5) is 10.1 Å². The van der Waals surface area contributed by atoms with Gasteiger partial charge in [0.05, 0.1) is 4.90 Å². The van der Waals surface area contributed by atoms with Gasteiger partial charge in [0.25, 0.3) is 5.91 Å². The SMILES string of the molecule is NS(=O)(=O)c1cccc(NC(=O)COC(=O)c2cc3c(F)cccc3s2)c1. The van der Waals surface area contributed by atoms with Crippen LogP contribution in [0.1, 0.15) is 9.67 Å². The number of ether oxygens (including phenoxy) is 1. The largest absolute Gasteiger partial charge is 0.451 e. The molecule has 0 fully saturated rings. The normalized spacial score (nSPS) is 11.3. The lowest BCUT2D eigenvalue weighted by atomic mass is 10.2. The number of carbonyl (C=O) groups excluding carboxylic acids is 2. The molecule has 0 bridgehead atoms. The smallest absolute Gasteiger partial charge is 0.348 e. The first kappa shape index (κ1) is 19.0. The summed E-state index contributed by atoms with van der Waals surface area (Å²) in [4.78, 5) is 24.0. The molecule has 0 atom stereocenters. The molecule has 7 nitrogen and oxygen atoms in total. The fraction of sp³-hybridized carbons (Fsp3) is 0.0588. The minimum atomic E-state index is -3.91. The summed E-state index contributed by atoms with van der Waals surface area (Å²) >= 11 is 1.05. The monoisotopic (exact) mass is 408 g/mol. The molecule has 1 amide bonds. The molecule has 1 aromatic heterocycles. The average molecular weight is 408 g/mol. The van der Waals surface area contributed by atoms with Crippen LogP contribution in [0, 0.1) is 5.82 Å². The van der Waals surface area contributed by atoms with E-state index in [1.807, 2.05) is 0 Å². The Morgan fingerprint density at radius 3 is 2.59 bits per heavy atom. The van der Waals surface area contributed by atoms with Crippen LogP contribution in [-0.4, -0.2) is 26.9 Å². The van der Waals surface area contributed by atoms with Crippen molar-refractivity contribution in [3.05, 3.63) is 59.2 Å². The van der Waals surface area contributed by atoms with E-state index in [1.54, 1.807) is 6.07 Å². The summed E-state index contributed by atoms with van der Waals surface area (Å²) in [6.07, 6.45) is 0. The maximum atomic E-state index is 13.7. The van der Waals surface area contributed by atoms with Crippen molar-refractivity contribution in [3.63, 3.8) is 0 Å². The van der Waals surface area contributed by atoms with Crippen LogP contribution in [0.3, 0.4) is 0 Å². The Hall–Kier alpha value is -2.82. The maximum absolute atomic E-state index is 13.7. The Labute approximate surface area is 157 Å². The Kier molecular flexibility index (Phi) is 5.22. The third-order valence-corrected chi connectivity index (χ3v) is 5.48. The van der Waals surface area contributed by atoms with Gasteiger partial charge in [-0.25, -0.2) is 22.7 Å². The van der Waals surface area contributed by atoms with E-state index in [0.717, 1.165) is 11.3 Å². The van der Waals surface area contributed by atoms with E-state index in [4.69, 9.17) is 9.88 Å². The van der Waals surface area contributed by atoms with Crippen molar-refractivity contribution in [1.29, 1.82) is 0 Å². The molecule has 0 unspecified atom stereocenters. The van der Waals surface area contributed by atoms with E-state index in [2.05, 4.69) is 5.32 Å². The predicted octanol–water partition coefficient (Wildman–Crippen LogP) is 2.48. The zero-order valence-electron chi connectivity index (χ0n) is 13.6. The van der Waals surface area contributed by atoms with Crippen molar-refractivity contribution in [3.8, 4) is 0 Å². The average Bonchev–Trinajstić information content (AvgIpc) is 3.05. The van der Waals surface area contributed by atoms with E-state index in [0.29, 0.717) is 10.1 Å². The Morgan fingerprint density at radius 2 is 1.89 bits per heavy atom. The second kappa shape index (κ2) is 7.43. The number of hydrogen-bond acceptors (Lipinski definition) is 6. The van der Waals surface area contributed by atoms with Crippen molar-refractivity contribution in [2.24, 2.45) is 5.14 Å². The summed E-state index contributed by atoms with van der Waals surface area (Å²) in [5.74, 6) is -1.87. The number of nitrogens with two attached hydrogens (primary N) is 1. The number of anilines is 1. The summed E-state index contributed by atoms with van der Waals surface area (Å²) in [7, 11) is -3.91. The Bertz CT molecular complexity index is 1140. The fourth-order valence-corrected chi connectivity index (χ4v) is 3.80. The molecule has 0 spiro atoms. The highest BCUT2D eigenvalue weighted by Gasteiger charge is 2.16. The zero-order valence-corrected chi connectivity index (χ0v) is 15.3. The van der Waals surface area contributed by atoms with Gasteiger partial charge in [0.1, 0.15) is 10.7 Å². The lowest BCUT2D eigenvalue weighted by molar-refractivity contribution is -0.119. The molecule has 3 rings (SSSR count). The molecule has 10 heteroatoms. The second-order valence-corrected chi connectivity index (χ2v) is 8.10. The predicted molar refractivity (Wildman–Crippen MR) is 98.5 cm³/mol. The van der Waals surface area contributed by atoms with Gasteiger partial charge in [0.2, 0.25) is 10.0 Å². The molecule has 0 saturated carbocycles. The minimum absolute atomic E-state index is 0.162. The van der Waals surface area contributed by atoms with Gasteiger partial charge < -0.3 is 10.1 Å². The van der Waals surface area contributed by atoms with Gasteiger partial charge in [0, 0.05) is 15.8 Å². The maximum Gasteiger partial charge on any atom is 0.348 e. The van der Waals surface area contributed by atoms with Crippen LogP contribution >= 0.6 is 11.3 Å². The number of sulfonamides is 1. The topological polar surface area (TPSA) is 116 Å². The van der Waals surface area contributed by atoms with Crippen molar-refractivity contribution in [1.82, 2.24) is 0 Å². The Balaban J connectivity index is 1.63. The van der Waals surface area contributed by atoms with E-state index in [1.165, 1.54) is 42.5 Å². The lowest BCUT2D eigenvalue weighted by Gasteiger charge is -2.07. The summed E-state index contributed by atoms with van der Waals surface area (Å²) < 4.78 is 41.8. The molecule has 3 aromatic rings. The third-order valence-electron chi connectivity index (χ3n) is 3.49. The van der Waals surface area contributed by atoms with Crippen LogP contribution in [-0.2, 0) is 19.6 Å². The number of rotatable bonds is 5. The summed E-state index contributed by atoms with van der Waals surface area (Å²) in [6, 6.07) is 11.2. The summed E-state index contributed by atoms with van der Waals surface area (Å²) in [5, 5.41) is 7.73. The first-order chi connectivity index (χ1) is 12.7. The van der Waals surface area contributed by atoms with Gasteiger partial charge >= 0.3 is 5.97 Å². The molecule has 140 valence electrons. The van der Waals surface area contributed by atoms with Gasteiger partial charge in [0.15, 0.2) is 6.61 Å². The molecule has 0 aliphatic rings. The van der Waals surface area contributed by atoms with Gasteiger partial charge in [-0.2, -0.15) is 0 Å². The Morgan fingerprint density at radius 1 is 1.15 bits per heavy atom. The van der Waals surface area contributed by atoms with E-state index in [-0.39, 0.29) is 15.5 Å². The summed E-state index contributed by atoms with van der Waals surface area (Å²) in [5.41, 5.74) is 0.187. The fourth-order valence-electron chi connectivity index (χ4n) is 2.28. The molecular formula is C17H13FN2O5S2. The standard InChI is InChI=1S/C17H13FN2O5S2/c18-13-5-2-6-14-12(13)8-15(26-14)17(22)25-9-16(21)20-10-3-1-4-11(7-10)27(19,23)24/h1-8H,9H2,(H,20,21)(H2,19,23,24). The molecule has 0 radical (unpaired) electrons. The first-order valence-electron chi connectivity index (χ1n) is 7.52. The lowest BCUT2D eigenvalue weighted by Crippen LogP contribution is -2.21. The number of thiophene rings is 1.